The molecule has 2 aliphatic heterocycles. The van der Waals surface area contributed by atoms with Gasteiger partial charge in [-0.15, -0.1) is 0 Å². The lowest BCUT2D eigenvalue weighted by Crippen LogP contribution is -2.52. The second kappa shape index (κ2) is 7.60. The Balaban J connectivity index is 1.43. The van der Waals surface area contributed by atoms with Crippen LogP contribution in [0.2, 0.25) is 0 Å². The van der Waals surface area contributed by atoms with Gasteiger partial charge in [-0.2, -0.15) is 0 Å². The number of hydrogen-bond donors (Lipinski definition) is 1. The molecule has 1 N–H and O–H groups in total. The van der Waals surface area contributed by atoms with E-state index in [0.717, 1.165) is 28.2 Å². The van der Waals surface area contributed by atoms with Crippen molar-refractivity contribution in [3.05, 3.63) is 63.4 Å². The Morgan fingerprint density at radius 1 is 1.06 bits per heavy atom. The maximum atomic E-state index is 12.9. The van der Waals surface area contributed by atoms with Crippen LogP contribution in [-0.4, -0.2) is 38.2 Å². The SMILES string of the molecule is Cn1cc(-c2ccc3c(c2)CN(C2CCC(=O)NC2=O)C3=O)nc1-c1ccc(I)cc1. The van der Waals surface area contributed by atoms with Crippen LogP contribution in [0.1, 0.15) is 28.8 Å². The van der Waals surface area contributed by atoms with Crippen molar-refractivity contribution in [1.29, 1.82) is 0 Å². The van der Waals surface area contributed by atoms with Gasteiger partial charge in [0.05, 0.1) is 5.69 Å². The number of hydrogen-bond acceptors (Lipinski definition) is 4. The first-order valence-corrected chi connectivity index (χ1v) is 11.1. The number of piperidine rings is 1. The van der Waals surface area contributed by atoms with Gasteiger partial charge in [0.15, 0.2) is 0 Å². The van der Waals surface area contributed by atoms with E-state index in [1.165, 1.54) is 3.57 Å². The number of aryl methyl sites for hydroxylation is 1. The van der Waals surface area contributed by atoms with Gasteiger partial charge in [0.25, 0.3) is 5.91 Å². The number of carbonyl (C=O) groups excluding carboxylic acids is 3. The number of benzene rings is 2. The molecule has 1 aromatic heterocycles. The Labute approximate surface area is 192 Å². The number of nitrogens with zero attached hydrogens (tertiary/aromatic N) is 3. The smallest absolute Gasteiger partial charge is 0.255 e. The number of fused-ring (bicyclic) bond motifs is 1. The van der Waals surface area contributed by atoms with Gasteiger partial charge in [0.2, 0.25) is 11.8 Å². The molecule has 0 radical (unpaired) electrons. The Hall–Kier alpha value is -3.01. The fourth-order valence-corrected chi connectivity index (χ4v) is 4.57. The Bertz CT molecular complexity index is 1230. The summed E-state index contributed by atoms with van der Waals surface area (Å²) in [5.41, 5.74) is 4.25. The van der Waals surface area contributed by atoms with E-state index in [4.69, 9.17) is 4.98 Å². The molecule has 5 rings (SSSR count). The van der Waals surface area contributed by atoms with E-state index in [0.29, 0.717) is 18.5 Å². The van der Waals surface area contributed by atoms with Crippen LogP contribution in [0.3, 0.4) is 0 Å². The molecule has 0 spiro atoms. The van der Waals surface area contributed by atoms with Crippen LogP contribution in [0.5, 0.6) is 0 Å². The molecular weight excluding hydrogens is 507 g/mol. The molecule has 7 nitrogen and oxygen atoms in total. The number of imidazole rings is 1. The van der Waals surface area contributed by atoms with E-state index in [-0.39, 0.29) is 18.2 Å². The van der Waals surface area contributed by atoms with Crippen LogP contribution in [0.25, 0.3) is 22.6 Å². The predicted octanol–water partition coefficient (Wildman–Crippen LogP) is 3.12. The second-order valence-corrected chi connectivity index (χ2v) is 9.09. The first-order chi connectivity index (χ1) is 14.9. The van der Waals surface area contributed by atoms with Gasteiger partial charge in [-0.25, -0.2) is 4.98 Å². The summed E-state index contributed by atoms with van der Waals surface area (Å²) in [6, 6.07) is 13.3. The van der Waals surface area contributed by atoms with E-state index >= 15 is 0 Å². The van der Waals surface area contributed by atoms with Gasteiger partial charge in [-0.05, 0) is 58.8 Å². The number of imide groups is 1. The fraction of sp³-hybridized carbons (Fsp3) is 0.217. The third-order valence-electron chi connectivity index (χ3n) is 5.80. The summed E-state index contributed by atoms with van der Waals surface area (Å²) in [5.74, 6) is 0.0149. The van der Waals surface area contributed by atoms with Crippen LogP contribution in [-0.2, 0) is 23.2 Å². The molecule has 31 heavy (non-hydrogen) atoms. The number of amides is 3. The molecule has 1 fully saturated rings. The highest BCUT2D eigenvalue weighted by molar-refractivity contribution is 14.1. The van der Waals surface area contributed by atoms with Crippen molar-refractivity contribution < 1.29 is 14.4 Å². The Morgan fingerprint density at radius 2 is 1.81 bits per heavy atom. The highest BCUT2D eigenvalue weighted by Gasteiger charge is 2.39. The topological polar surface area (TPSA) is 84.3 Å². The largest absolute Gasteiger partial charge is 0.333 e. The fourth-order valence-electron chi connectivity index (χ4n) is 4.21. The zero-order valence-corrected chi connectivity index (χ0v) is 18.9. The molecule has 8 heteroatoms. The zero-order valence-electron chi connectivity index (χ0n) is 16.8. The van der Waals surface area contributed by atoms with Crippen molar-refractivity contribution in [2.24, 2.45) is 7.05 Å². The molecule has 1 atom stereocenters. The minimum atomic E-state index is -0.608. The zero-order chi connectivity index (χ0) is 21.7. The molecule has 0 saturated carbocycles. The first kappa shape index (κ1) is 19.9. The normalized spacial score (nSPS) is 18.3. The van der Waals surface area contributed by atoms with Gasteiger partial charge in [0, 0.05) is 46.5 Å². The molecule has 3 aromatic rings. The molecule has 1 saturated heterocycles. The molecule has 0 bridgehead atoms. The van der Waals surface area contributed by atoms with Crippen LogP contribution in [0, 0.1) is 3.57 Å². The molecule has 3 heterocycles. The third kappa shape index (κ3) is 3.54. The maximum Gasteiger partial charge on any atom is 0.255 e. The van der Waals surface area contributed by atoms with Gasteiger partial charge in [-0.1, -0.05) is 18.2 Å². The minimum absolute atomic E-state index is 0.170. The quantitative estimate of drug-likeness (QED) is 0.420. The number of nitrogens with one attached hydrogen (secondary N) is 1. The van der Waals surface area contributed by atoms with E-state index < -0.39 is 11.9 Å². The van der Waals surface area contributed by atoms with Crippen LogP contribution < -0.4 is 5.32 Å². The molecule has 2 aliphatic rings. The van der Waals surface area contributed by atoms with Gasteiger partial charge in [-0.3, -0.25) is 19.7 Å². The average molecular weight is 526 g/mol. The van der Waals surface area contributed by atoms with Crippen molar-refractivity contribution in [3.8, 4) is 22.6 Å². The lowest BCUT2D eigenvalue weighted by atomic mass is 10.0. The Morgan fingerprint density at radius 3 is 2.55 bits per heavy atom. The molecule has 2 aromatic carbocycles. The highest BCUT2D eigenvalue weighted by atomic mass is 127. The summed E-state index contributed by atoms with van der Waals surface area (Å²) < 4.78 is 3.16. The van der Waals surface area contributed by atoms with Gasteiger partial charge < -0.3 is 9.47 Å². The third-order valence-corrected chi connectivity index (χ3v) is 6.52. The van der Waals surface area contributed by atoms with E-state index in [2.05, 4.69) is 40.0 Å². The van der Waals surface area contributed by atoms with E-state index in [1.807, 2.05) is 42.1 Å². The van der Waals surface area contributed by atoms with E-state index in [9.17, 15) is 14.4 Å². The Kier molecular flexibility index (Phi) is 4.88. The molecule has 3 amide bonds. The van der Waals surface area contributed by atoms with Gasteiger partial charge in [0.1, 0.15) is 11.9 Å². The summed E-state index contributed by atoms with van der Waals surface area (Å²) in [6.45, 7) is 0.352. The lowest BCUT2D eigenvalue weighted by molar-refractivity contribution is -0.136. The van der Waals surface area contributed by atoms with Crippen LogP contribution in [0.15, 0.2) is 48.7 Å². The summed E-state index contributed by atoms with van der Waals surface area (Å²) in [4.78, 5) is 42.9. The lowest BCUT2D eigenvalue weighted by Gasteiger charge is -2.29. The number of rotatable bonds is 3. The van der Waals surface area contributed by atoms with E-state index in [1.54, 1.807) is 11.0 Å². The summed E-state index contributed by atoms with van der Waals surface area (Å²) in [6.07, 6.45) is 2.58. The van der Waals surface area contributed by atoms with Crippen LogP contribution in [0.4, 0.5) is 0 Å². The molecule has 156 valence electrons. The van der Waals surface area contributed by atoms with Crippen molar-refractivity contribution in [2.75, 3.05) is 0 Å². The summed E-state index contributed by atoms with van der Waals surface area (Å²) >= 11 is 2.28. The standard InChI is InChI=1S/C23H19IN4O3/c1-27-12-18(25-21(27)13-2-5-16(24)6-3-13)14-4-7-17-15(10-14)11-28(23(17)31)19-8-9-20(29)26-22(19)30/h2-7,10,12,19H,8-9,11H2,1H3,(H,26,29,30). The number of aromatic nitrogens is 2. The van der Waals surface area contributed by atoms with Crippen molar-refractivity contribution in [2.45, 2.75) is 25.4 Å². The second-order valence-electron chi connectivity index (χ2n) is 7.84. The van der Waals surface area contributed by atoms with Gasteiger partial charge >= 0.3 is 0 Å². The predicted molar refractivity (Wildman–Crippen MR) is 123 cm³/mol. The first-order valence-electron chi connectivity index (χ1n) is 9.98. The minimum Gasteiger partial charge on any atom is -0.333 e. The van der Waals surface area contributed by atoms with Crippen molar-refractivity contribution in [1.82, 2.24) is 19.8 Å². The highest BCUT2D eigenvalue weighted by Crippen LogP contribution is 2.32. The molecule has 1 unspecified atom stereocenters. The monoisotopic (exact) mass is 526 g/mol. The molecule has 0 aliphatic carbocycles. The summed E-state index contributed by atoms with van der Waals surface area (Å²) in [5, 5.41) is 2.33. The number of halogens is 1. The van der Waals surface area contributed by atoms with Crippen molar-refractivity contribution in [3.63, 3.8) is 0 Å². The summed E-state index contributed by atoms with van der Waals surface area (Å²) in [7, 11) is 1.96. The number of carbonyl (C=O) groups is 3. The maximum absolute atomic E-state index is 12.9. The van der Waals surface area contributed by atoms with Crippen molar-refractivity contribution >= 4 is 40.3 Å². The molecular formula is C23H19IN4O3. The average Bonchev–Trinajstić information content (AvgIpc) is 3.29. The van der Waals surface area contributed by atoms with Crippen LogP contribution >= 0.6 is 22.6 Å².